The second-order valence-corrected chi connectivity index (χ2v) is 2.50. The monoisotopic (exact) mass is 144 g/mol. The molecule has 10 heavy (non-hydrogen) atoms. The maximum absolute atomic E-state index is 10.7. The van der Waals surface area contributed by atoms with Crippen molar-refractivity contribution in [3.63, 3.8) is 0 Å². The highest BCUT2D eigenvalue weighted by Crippen LogP contribution is 1.92. The molecule has 3 nitrogen and oxygen atoms in total. The van der Waals surface area contributed by atoms with Crippen molar-refractivity contribution in [2.75, 3.05) is 19.6 Å². The van der Waals surface area contributed by atoms with E-state index in [0.29, 0.717) is 6.54 Å². The van der Waals surface area contributed by atoms with Crippen molar-refractivity contribution in [3.05, 3.63) is 0 Å². The Morgan fingerprint density at radius 3 is 2.70 bits per heavy atom. The van der Waals surface area contributed by atoms with Crippen LogP contribution in [-0.2, 0) is 4.79 Å². The molecule has 0 heterocycles. The van der Waals surface area contributed by atoms with Gasteiger partial charge in [-0.2, -0.15) is 0 Å². The highest BCUT2D eigenvalue weighted by atomic mass is 16.1. The molecule has 0 rings (SSSR count). The van der Waals surface area contributed by atoms with Crippen LogP contribution >= 0.6 is 0 Å². The van der Waals surface area contributed by atoms with Gasteiger partial charge in [-0.05, 0) is 6.92 Å². The van der Waals surface area contributed by atoms with Crippen molar-refractivity contribution in [1.29, 1.82) is 0 Å². The number of rotatable bonds is 5. The summed E-state index contributed by atoms with van der Waals surface area (Å²) in [5.41, 5.74) is 5.24. The molecule has 0 spiro atoms. The predicted molar refractivity (Wildman–Crippen MR) is 41.8 cm³/mol. The van der Waals surface area contributed by atoms with E-state index in [1.165, 1.54) is 0 Å². The summed E-state index contributed by atoms with van der Waals surface area (Å²) < 4.78 is 0. The van der Waals surface area contributed by atoms with Crippen molar-refractivity contribution in [2.45, 2.75) is 13.8 Å². The second-order valence-electron chi connectivity index (χ2n) is 2.50. The van der Waals surface area contributed by atoms with Gasteiger partial charge in [0.2, 0.25) is 0 Å². The minimum atomic E-state index is 0.117. The molecule has 0 aromatic rings. The van der Waals surface area contributed by atoms with Crippen molar-refractivity contribution < 1.29 is 4.79 Å². The van der Waals surface area contributed by atoms with Gasteiger partial charge in [-0.1, -0.05) is 6.92 Å². The number of hydrogen-bond donors (Lipinski definition) is 2. The zero-order chi connectivity index (χ0) is 7.98. The summed E-state index contributed by atoms with van der Waals surface area (Å²) in [6, 6.07) is 0. The van der Waals surface area contributed by atoms with E-state index in [0.717, 1.165) is 13.1 Å². The van der Waals surface area contributed by atoms with E-state index in [2.05, 4.69) is 5.32 Å². The Kier molecular flexibility index (Phi) is 5.16. The molecule has 3 N–H and O–H groups in total. The van der Waals surface area contributed by atoms with E-state index >= 15 is 0 Å². The molecule has 0 aromatic heterocycles. The Balaban J connectivity index is 3.21. The second kappa shape index (κ2) is 5.38. The number of nitrogens with one attached hydrogen (secondary N) is 1. The first-order valence-corrected chi connectivity index (χ1v) is 3.59. The lowest BCUT2D eigenvalue weighted by molar-refractivity contribution is -0.120. The van der Waals surface area contributed by atoms with Gasteiger partial charge in [0.05, 0.1) is 0 Å². The molecule has 1 atom stereocenters. The van der Waals surface area contributed by atoms with Crippen LogP contribution in [0.5, 0.6) is 0 Å². The largest absolute Gasteiger partial charge is 0.329 e. The van der Waals surface area contributed by atoms with Crippen LogP contribution in [0.2, 0.25) is 0 Å². The smallest absolute Gasteiger partial charge is 0.133 e. The normalized spacial score (nSPS) is 13.1. The number of carbonyl (C=O) groups is 1. The van der Waals surface area contributed by atoms with Crippen LogP contribution in [0, 0.1) is 5.92 Å². The Morgan fingerprint density at radius 1 is 1.70 bits per heavy atom. The maximum Gasteiger partial charge on any atom is 0.133 e. The van der Waals surface area contributed by atoms with Crippen LogP contribution in [0.25, 0.3) is 0 Å². The zero-order valence-electron chi connectivity index (χ0n) is 6.68. The van der Waals surface area contributed by atoms with E-state index in [4.69, 9.17) is 5.73 Å². The molecule has 0 radical (unpaired) electrons. The molecule has 0 saturated heterocycles. The lowest BCUT2D eigenvalue weighted by atomic mass is 10.1. The minimum Gasteiger partial charge on any atom is -0.329 e. The summed E-state index contributed by atoms with van der Waals surface area (Å²) in [7, 11) is 0. The third kappa shape index (κ3) is 4.47. The number of carbonyl (C=O) groups excluding carboxylic acids is 1. The molecule has 0 aliphatic heterocycles. The molecule has 0 bridgehead atoms. The lowest BCUT2D eigenvalue weighted by Gasteiger charge is -2.07. The van der Waals surface area contributed by atoms with E-state index in [9.17, 15) is 4.79 Å². The average Bonchev–Trinajstić information content (AvgIpc) is 1.88. The van der Waals surface area contributed by atoms with Crippen molar-refractivity contribution in [1.82, 2.24) is 5.32 Å². The molecule has 1 unspecified atom stereocenters. The van der Waals surface area contributed by atoms with Crippen LogP contribution < -0.4 is 11.1 Å². The highest BCUT2D eigenvalue weighted by molar-refractivity contribution is 5.78. The van der Waals surface area contributed by atoms with Gasteiger partial charge >= 0.3 is 0 Å². The standard InChI is InChI=1S/C7H16N2O/c1-6(7(2)10)5-9-4-3-8/h6,9H,3-5,8H2,1-2H3. The lowest BCUT2D eigenvalue weighted by Crippen LogP contribution is -2.29. The molecular formula is C7H16N2O. The number of hydrogen-bond acceptors (Lipinski definition) is 3. The fourth-order valence-electron chi connectivity index (χ4n) is 0.564. The Hall–Kier alpha value is -0.410. The van der Waals surface area contributed by atoms with Crippen molar-refractivity contribution in [3.8, 4) is 0 Å². The van der Waals surface area contributed by atoms with Gasteiger partial charge in [0.15, 0.2) is 0 Å². The third-order valence-electron chi connectivity index (χ3n) is 1.47. The summed E-state index contributed by atoms with van der Waals surface area (Å²) in [6.07, 6.45) is 0. The van der Waals surface area contributed by atoms with E-state index < -0.39 is 0 Å². The molecule has 0 aromatic carbocycles. The first kappa shape index (κ1) is 9.59. The SMILES string of the molecule is CC(=O)C(C)CNCCN. The maximum atomic E-state index is 10.7. The average molecular weight is 144 g/mol. The minimum absolute atomic E-state index is 0.117. The summed E-state index contributed by atoms with van der Waals surface area (Å²) >= 11 is 0. The number of Topliss-reactive ketones (excluding diaryl/α,β-unsaturated/α-hetero) is 1. The van der Waals surface area contributed by atoms with Gasteiger partial charge in [-0.3, -0.25) is 4.79 Å². The molecule has 3 heteroatoms. The molecular weight excluding hydrogens is 128 g/mol. The molecule has 0 amide bonds. The van der Waals surface area contributed by atoms with Crippen molar-refractivity contribution in [2.24, 2.45) is 11.7 Å². The van der Waals surface area contributed by atoms with Crippen LogP contribution in [0.3, 0.4) is 0 Å². The van der Waals surface area contributed by atoms with Gasteiger partial charge in [-0.15, -0.1) is 0 Å². The van der Waals surface area contributed by atoms with Gasteiger partial charge in [-0.25, -0.2) is 0 Å². The highest BCUT2D eigenvalue weighted by Gasteiger charge is 2.04. The van der Waals surface area contributed by atoms with E-state index in [1.54, 1.807) is 6.92 Å². The zero-order valence-corrected chi connectivity index (χ0v) is 6.68. The molecule has 0 aliphatic carbocycles. The number of nitrogens with two attached hydrogens (primary N) is 1. The van der Waals surface area contributed by atoms with Crippen LogP contribution in [0.15, 0.2) is 0 Å². The predicted octanol–water partition coefficient (Wildman–Crippen LogP) is -0.240. The quantitative estimate of drug-likeness (QED) is 0.524. The summed E-state index contributed by atoms with van der Waals surface area (Å²) in [6.45, 7) is 5.68. The van der Waals surface area contributed by atoms with Gasteiger partial charge in [0, 0.05) is 25.6 Å². The summed E-state index contributed by atoms with van der Waals surface area (Å²) in [5.74, 6) is 0.344. The van der Waals surface area contributed by atoms with Crippen LogP contribution in [0.4, 0.5) is 0 Å². The molecule has 0 aliphatic rings. The third-order valence-corrected chi connectivity index (χ3v) is 1.47. The van der Waals surface area contributed by atoms with E-state index in [1.807, 2.05) is 6.92 Å². The summed E-state index contributed by atoms with van der Waals surface area (Å²) in [4.78, 5) is 10.7. The Morgan fingerprint density at radius 2 is 2.30 bits per heavy atom. The van der Waals surface area contributed by atoms with Gasteiger partial charge in [0.1, 0.15) is 5.78 Å². The topological polar surface area (TPSA) is 55.1 Å². The van der Waals surface area contributed by atoms with Crippen LogP contribution in [0.1, 0.15) is 13.8 Å². The van der Waals surface area contributed by atoms with E-state index in [-0.39, 0.29) is 11.7 Å². The van der Waals surface area contributed by atoms with Crippen LogP contribution in [-0.4, -0.2) is 25.4 Å². The molecule has 0 saturated carbocycles. The van der Waals surface area contributed by atoms with Gasteiger partial charge in [0.25, 0.3) is 0 Å². The fraction of sp³-hybridized carbons (Fsp3) is 0.857. The van der Waals surface area contributed by atoms with Gasteiger partial charge < -0.3 is 11.1 Å². The first-order chi connectivity index (χ1) is 4.68. The molecule has 0 fully saturated rings. The number of ketones is 1. The molecule has 60 valence electrons. The first-order valence-electron chi connectivity index (χ1n) is 3.59. The summed E-state index contributed by atoms with van der Waals surface area (Å²) in [5, 5.41) is 3.07. The Bertz CT molecular complexity index is 104. The van der Waals surface area contributed by atoms with Crippen molar-refractivity contribution >= 4 is 5.78 Å². The fourth-order valence-corrected chi connectivity index (χ4v) is 0.564. The Labute approximate surface area is 62.0 Å².